The monoisotopic (exact) mass is 284 g/mol. The van der Waals surface area contributed by atoms with Crippen LogP contribution < -0.4 is 5.32 Å². The highest BCUT2D eigenvalue weighted by Crippen LogP contribution is 2.34. The van der Waals surface area contributed by atoms with Gasteiger partial charge in [-0.2, -0.15) is 4.98 Å². The van der Waals surface area contributed by atoms with Crippen LogP contribution in [0.1, 0.15) is 23.6 Å². The number of halogens is 1. The van der Waals surface area contributed by atoms with Crippen molar-refractivity contribution in [1.29, 1.82) is 0 Å². The molecule has 0 unspecified atom stereocenters. The molecular formula is C15H13ClN4. The number of aryl methyl sites for hydroxylation is 1. The van der Waals surface area contributed by atoms with Crippen LogP contribution in [0.4, 0.5) is 5.82 Å². The third kappa shape index (κ3) is 1.84. The van der Waals surface area contributed by atoms with Crippen molar-refractivity contribution in [2.24, 2.45) is 0 Å². The van der Waals surface area contributed by atoms with Crippen molar-refractivity contribution in [3.8, 4) is 0 Å². The highest BCUT2D eigenvalue weighted by molar-refractivity contribution is 6.28. The molecule has 0 bridgehead atoms. The van der Waals surface area contributed by atoms with E-state index in [-0.39, 0.29) is 11.3 Å². The molecule has 20 heavy (non-hydrogen) atoms. The minimum absolute atomic E-state index is 0.252. The number of hydrogen-bond donors (Lipinski definition) is 1. The highest BCUT2D eigenvalue weighted by atomic mass is 35.5. The van der Waals surface area contributed by atoms with Crippen LogP contribution in [-0.4, -0.2) is 14.6 Å². The summed E-state index contributed by atoms with van der Waals surface area (Å²) in [6, 6.07) is 12.8. The highest BCUT2D eigenvalue weighted by Gasteiger charge is 2.23. The molecule has 2 aromatic heterocycles. The maximum atomic E-state index is 5.98. The van der Waals surface area contributed by atoms with E-state index in [0.29, 0.717) is 0 Å². The molecular weight excluding hydrogens is 272 g/mol. The minimum atomic E-state index is 0.252. The molecule has 1 aliphatic rings. The first-order chi connectivity index (χ1) is 9.81. The van der Waals surface area contributed by atoms with Gasteiger partial charge in [-0.25, -0.2) is 4.52 Å². The Kier molecular flexibility index (Phi) is 2.63. The molecule has 2 heterocycles. The van der Waals surface area contributed by atoms with E-state index in [9.17, 15) is 0 Å². The molecule has 1 atom stereocenters. The van der Waals surface area contributed by atoms with E-state index >= 15 is 0 Å². The van der Waals surface area contributed by atoms with Crippen molar-refractivity contribution >= 4 is 22.9 Å². The lowest BCUT2D eigenvalue weighted by Gasteiger charge is -2.15. The summed E-state index contributed by atoms with van der Waals surface area (Å²) in [5.74, 6) is 0.789. The first-order valence-corrected chi connectivity index (χ1v) is 7.04. The van der Waals surface area contributed by atoms with Crippen molar-refractivity contribution < 1.29 is 0 Å². The number of hydrogen-bond acceptors (Lipinski definition) is 3. The molecule has 100 valence electrons. The Morgan fingerprint density at radius 3 is 3.05 bits per heavy atom. The number of aromatic nitrogens is 3. The molecule has 4 nitrogen and oxygen atoms in total. The zero-order valence-electron chi connectivity index (χ0n) is 10.8. The second kappa shape index (κ2) is 4.49. The van der Waals surface area contributed by atoms with Crippen LogP contribution in [0, 0.1) is 0 Å². The fourth-order valence-electron chi connectivity index (χ4n) is 2.89. The predicted molar refractivity (Wildman–Crippen MR) is 79.1 cm³/mol. The summed E-state index contributed by atoms with van der Waals surface area (Å²) in [7, 11) is 0. The van der Waals surface area contributed by atoms with Gasteiger partial charge < -0.3 is 5.32 Å². The molecule has 0 saturated carbocycles. The number of nitrogens with zero attached hydrogens (tertiary/aromatic N) is 3. The molecule has 0 amide bonds. The van der Waals surface area contributed by atoms with Crippen molar-refractivity contribution in [2.45, 2.75) is 18.9 Å². The van der Waals surface area contributed by atoms with Crippen LogP contribution in [0.25, 0.3) is 5.52 Å². The zero-order chi connectivity index (χ0) is 13.5. The minimum Gasteiger partial charge on any atom is -0.361 e. The molecule has 0 radical (unpaired) electrons. The Hall–Kier alpha value is -2.07. The van der Waals surface area contributed by atoms with Gasteiger partial charge in [0, 0.05) is 6.20 Å². The Bertz CT molecular complexity index is 780. The van der Waals surface area contributed by atoms with E-state index in [1.54, 1.807) is 4.52 Å². The van der Waals surface area contributed by atoms with Crippen LogP contribution >= 0.6 is 11.6 Å². The molecule has 1 aromatic carbocycles. The number of rotatable bonds is 2. The molecule has 1 aliphatic carbocycles. The van der Waals surface area contributed by atoms with Crippen LogP contribution in [0.5, 0.6) is 0 Å². The topological polar surface area (TPSA) is 42.2 Å². The third-order valence-corrected chi connectivity index (χ3v) is 3.97. The summed E-state index contributed by atoms with van der Waals surface area (Å²) in [5, 5.41) is 7.91. The van der Waals surface area contributed by atoms with Gasteiger partial charge in [-0.3, -0.25) is 0 Å². The Morgan fingerprint density at radius 1 is 1.20 bits per heavy atom. The van der Waals surface area contributed by atoms with Crippen molar-refractivity contribution in [3.63, 3.8) is 0 Å². The summed E-state index contributed by atoms with van der Waals surface area (Å²) >= 11 is 5.98. The molecule has 0 fully saturated rings. The van der Waals surface area contributed by atoms with E-state index in [4.69, 9.17) is 11.6 Å². The van der Waals surface area contributed by atoms with E-state index in [0.717, 1.165) is 24.2 Å². The van der Waals surface area contributed by atoms with E-state index in [1.165, 1.54) is 11.1 Å². The lowest BCUT2D eigenvalue weighted by molar-refractivity contribution is 0.754. The predicted octanol–water partition coefficient (Wildman–Crippen LogP) is 3.48. The van der Waals surface area contributed by atoms with Crippen molar-refractivity contribution in [3.05, 3.63) is 59.0 Å². The van der Waals surface area contributed by atoms with Gasteiger partial charge in [0.2, 0.25) is 5.28 Å². The van der Waals surface area contributed by atoms with Crippen LogP contribution in [0.15, 0.2) is 42.6 Å². The SMILES string of the molecule is Clc1nc(N[C@@H]2CCc3ccccc32)c2cccn2n1. The zero-order valence-corrected chi connectivity index (χ0v) is 11.5. The molecule has 0 saturated heterocycles. The van der Waals surface area contributed by atoms with Gasteiger partial charge in [-0.1, -0.05) is 24.3 Å². The van der Waals surface area contributed by atoms with Crippen molar-refractivity contribution in [1.82, 2.24) is 14.6 Å². The van der Waals surface area contributed by atoms with Gasteiger partial charge in [-0.15, -0.1) is 5.10 Å². The first-order valence-electron chi connectivity index (χ1n) is 6.66. The van der Waals surface area contributed by atoms with Gasteiger partial charge in [0.25, 0.3) is 0 Å². The number of anilines is 1. The van der Waals surface area contributed by atoms with Gasteiger partial charge in [0.05, 0.1) is 6.04 Å². The van der Waals surface area contributed by atoms with Gasteiger partial charge in [0.1, 0.15) is 5.52 Å². The summed E-state index contributed by atoms with van der Waals surface area (Å²) < 4.78 is 1.75. The summed E-state index contributed by atoms with van der Waals surface area (Å²) in [5.41, 5.74) is 3.71. The molecule has 3 aromatic rings. The van der Waals surface area contributed by atoms with Gasteiger partial charge >= 0.3 is 0 Å². The fourth-order valence-corrected chi connectivity index (χ4v) is 3.05. The van der Waals surface area contributed by atoms with Gasteiger partial charge in [0.15, 0.2) is 5.82 Å². The standard InChI is InChI=1S/C15H13ClN4/c16-15-18-14(13-6-3-9-20(13)19-15)17-12-8-7-10-4-1-2-5-11(10)12/h1-6,9,12H,7-8H2,(H,17,18,19)/t12-/m1/s1. The Labute approximate surface area is 121 Å². The largest absolute Gasteiger partial charge is 0.361 e. The lowest BCUT2D eigenvalue weighted by atomic mass is 10.1. The van der Waals surface area contributed by atoms with Crippen LogP contribution in [0.2, 0.25) is 5.28 Å². The fraction of sp³-hybridized carbons (Fsp3) is 0.200. The normalized spacial score (nSPS) is 17.4. The van der Waals surface area contributed by atoms with E-state index in [1.807, 2.05) is 18.3 Å². The van der Waals surface area contributed by atoms with Crippen molar-refractivity contribution in [2.75, 3.05) is 5.32 Å². The van der Waals surface area contributed by atoms with Crippen LogP contribution in [-0.2, 0) is 6.42 Å². The molecule has 4 rings (SSSR count). The lowest BCUT2D eigenvalue weighted by Crippen LogP contribution is -2.10. The number of benzene rings is 1. The summed E-state index contributed by atoms with van der Waals surface area (Å²) in [6.45, 7) is 0. The van der Waals surface area contributed by atoms with Gasteiger partial charge in [-0.05, 0) is 47.7 Å². The van der Waals surface area contributed by atoms with E-state index in [2.05, 4.69) is 39.7 Å². The second-order valence-electron chi connectivity index (χ2n) is 5.00. The average Bonchev–Trinajstić information content (AvgIpc) is 3.06. The smallest absolute Gasteiger partial charge is 0.243 e. The third-order valence-electron chi connectivity index (χ3n) is 3.81. The summed E-state index contributed by atoms with van der Waals surface area (Å²) in [4.78, 5) is 4.33. The number of nitrogens with one attached hydrogen (secondary N) is 1. The van der Waals surface area contributed by atoms with Crippen LogP contribution in [0.3, 0.4) is 0 Å². The molecule has 5 heteroatoms. The second-order valence-corrected chi connectivity index (χ2v) is 5.34. The summed E-state index contributed by atoms with van der Waals surface area (Å²) in [6.07, 6.45) is 4.05. The van der Waals surface area contributed by atoms with E-state index < -0.39 is 0 Å². The maximum absolute atomic E-state index is 5.98. The molecule has 0 spiro atoms. The maximum Gasteiger partial charge on any atom is 0.243 e. The molecule has 0 aliphatic heterocycles. The average molecular weight is 285 g/mol. The Balaban J connectivity index is 1.74. The quantitative estimate of drug-likeness (QED) is 0.783. The molecule has 1 N–H and O–H groups in total. The Morgan fingerprint density at radius 2 is 2.10 bits per heavy atom. The first kappa shape index (κ1) is 11.7. The number of fused-ring (bicyclic) bond motifs is 2.